The molecule has 4 N–H and O–H groups in total. The van der Waals surface area contributed by atoms with Gasteiger partial charge in [-0.3, -0.25) is 9.59 Å². The van der Waals surface area contributed by atoms with E-state index in [4.69, 9.17) is 27.9 Å². The summed E-state index contributed by atoms with van der Waals surface area (Å²) in [5, 5.41) is 14.3. The number of piperidine rings is 1. The van der Waals surface area contributed by atoms with Crippen LogP contribution in [0.2, 0.25) is 10.0 Å². The highest BCUT2D eigenvalue weighted by molar-refractivity contribution is 7.89. The Labute approximate surface area is 241 Å². The van der Waals surface area contributed by atoms with Gasteiger partial charge in [0.25, 0.3) is 11.5 Å². The van der Waals surface area contributed by atoms with Gasteiger partial charge in [0.15, 0.2) is 0 Å². The third-order valence-electron chi connectivity index (χ3n) is 7.03. The summed E-state index contributed by atoms with van der Waals surface area (Å²) in [6.45, 7) is 1.62. The number of carbonyl (C=O) groups is 1. The fraction of sp³-hybridized carbons (Fsp3) is 0.407. The van der Waals surface area contributed by atoms with Gasteiger partial charge in [-0.05, 0) is 43.9 Å². The highest BCUT2D eigenvalue weighted by Crippen LogP contribution is 2.38. The molecule has 5 rings (SSSR count). The van der Waals surface area contributed by atoms with Crippen molar-refractivity contribution < 1.29 is 23.1 Å². The molecule has 0 unspecified atom stereocenters. The minimum atomic E-state index is -3.89. The zero-order valence-electron chi connectivity index (χ0n) is 21.5. The second-order valence-electron chi connectivity index (χ2n) is 10.1. The average molecular weight is 610 g/mol. The molecule has 1 aliphatic carbocycles. The van der Waals surface area contributed by atoms with Crippen LogP contribution in [0.25, 0.3) is 10.8 Å². The Balaban J connectivity index is 1.14. The van der Waals surface area contributed by atoms with Gasteiger partial charge in [-0.25, -0.2) is 13.1 Å². The Bertz CT molecular complexity index is 1570. The average Bonchev–Trinajstić information content (AvgIpc) is 3.74. The Morgan fingerprint density at radius 1 is 1.10 bits per heavy atom. The quantitative estimate of drug-likeness (QED) is 0.277. The molecular formula is C27H30Cl2N4O6S. The molecule has 2 aliphatic rings. The molecule has 0 radical (unpaired) electrons. The van der Waals surface area contributed by atoms with Crippen LogP contribution < -0.4 is 20.3 Å². The zero-order valence-corrected chi connectivity index (χ0v) is 23.9. The van der Waals surface area contributed by atoms with Crippen molar-refractivity contribution in [3.05, 3.63) is 68.6 Å². The lowest BCUT2D eigenvalue weighted by Crippen LogP contribution is -2.45. The predicted molar refractivity (Wildman–Crippen MR) is 153 cm³/mol. The van der Waals surface area contributed by atoms with E-state index in [9.17, 15) is 23.1 Å². The first-order valence-electron chi connectivity index (χ1n) is 13.1. The van der Waals surface area contributed by atoms with Gasteiger partial charge in [-0.15, -0.1) is 0 Å². The third kappa shape index (κ3) is 6.62. The van der Waals surface area contributed by atoms with Gasteiger partial charge < -0.3 is 25.0 Å². The number of nitrogens with zero attached hydrogens (tertiary/aromatic N) is 1. The van der Waals surface area contributed by atoms with E-state index in [-0.39, 0.29) is 50.8 Å². The topological polar surface area (TPSA) is 141 Å². The summed E-state index contributed by atoms with van der Waals surface area (Å²) in [6.07, 6.45) is 3.11. The van der Waals surface area contributed by atoms with Crippen molar-refractivity contribution in [2.24, 2.45) is 0 Å². The van der Waals surface area contributed by atoms with E-state index in [0.29, 0.717) is 48.8 Å². The molecule has 1 saturated heterocycles. The Morgan fingerprint density at radius 3 is 2.50 bits per heavy atom. The molecule has 40 heavy (non-hydrogen) atoms. The first-order valence-corrected chi connectivity index (χ1v) is 15.3. The predicted octanol–water partition coefficient (Wildman–Crippen LogP) is 2.91. The van der Waals surface area contributed by atoms with Crippen LogP contribution in [0.5, 0.6) is 5.75 Å². The van der Waals surface area contributed by atoms with Gasteiger partial charge in [0, 0.05) is 49.2 Å². The van der Waals surface area contributed by atoms with Gasteiger partial charge >= 0.3 is 0 Å². The van der Waals surface area contributed by atoms with E-state index in [2.05, 4.69) is 19.9 Å². The molecule has 10 nitrogen and oxygen atoms in total. The summed E-state index contributed by atoms with van der Waals surface area (Å²) in [7, 11) is -3.89. The van der Waals surface area contributed by atoms with Crippen molar-refractivity contribution in [2.45, 2.75) is 48.8 Å². The number of hydrogen-bond donors (Lipinski definition) is 4. The molecule has 1 atom stereocenters. The summed E-state index contributed by atoms with van der Waals surface area (Å²) in [5.41, 5.74) is 0.0582. The monoisotopic (exact) mass is 608 g/mol. The van der Waals surface area contributed by atoms with Crippen LogP contribution >= 0.6 is 23.2 Å². The second-order valence-corrected chi connectivity index (χ2v) is 12.6. The molecule has 2 heterocycles. The molecule has 0 bridgehead atoms. The largest absolute Gasteiger partial charge is 0.489 e. The lowest BCUT2D eigenvalue weighted by molar-refractivity contribution is 0.0584. The molecule has 0 spiro atoms. The minimum absolute atomic E-state index is 0.0429. The van der Waals surface area contributed by atoms with Gasteiger partial charge in [-0.1, -0.05) is 41.4 Å². The van der Waals surface area contributed by atoms with Gasteiger partial charge in [0.1, 0.15) is 16.7 Å². The van der Waals surface area contributed by atoms with Crippen LogP contribution in [0.1, 0.15) is 36.0 Å². The van der Waals surface area contributed by atoms with Crippen LogP contribution in [0, 0.1) is 0 Å². The number of aromatic amines is 1. The van der Waals surface area contributed by atoms with Crippen molar-refractivity contribution in [3.63, 3.8) is 0 Å². The van der Waals surface area contributed by atoms with Crippen molar-refractivity contribution in [1.29, 1.82) is 0 Å². The smallest absolute Gasteiger partial charge is 0.255 e. The standard InChI is InChI=1S/C27H30Cl2N4O6S/c28-22-7-8-23(25(24(22)29)40(37,38)32-16-5-6-16)39-18-9-11-33(12-10-18)15-17(34)13-30-27(36)21-14-31-26(35)20-4-2-1-3-19(20)21/h1-4,7-8,14,16-18,32,34H,5-6,9-13,15H2,(H,30,36)(H,31,35)/t17-/m1/s1. The van der Waals surface area contributed by atoms with Crippen molar-refractivity contribution >= 4 is 49.9 Å². The minimum Gasteiger partial charge on any atom is -0.489 e. The lowest BCUT2D eigenvalue weighted by Gasteiger charge is -2.33. The maximum Gasteiger partial charge on any atom is 0.255 e. The number of nitrogens with one attached hydrogen (secondary N) is 3. The molecule has 1 aromatic heterocycles. The van der Waals surface area contributed by atoms with Gasteiger partial charge in [0.2, 0.25) is 10.0 Å². The van der Waals surface area contributed by atoms with Crippen LogP contribution in [0.3, 0.4) is 0 Å². The maximum atomic E-state index is 13.0. The van der Waals surface area contributed by atoms with E-state index < -0.39 is 16.1 Å². The van der Waals surface area contributed by atoms with E-state index in [1.54, 1.807) is 24.3 Å². The number of aromatic nitrogens is 1. The summed E-state index contributed by atoms with van der Waals surface area (Å²) in [6, 6.07) is 9.80. The number of halogens is 2. The lowest BCUT2D eigenvalue weighted by atomic mass is 10.1. The molecule has 1 aliphatic heterocycles. The Morgan fingerprint density at radius 2 is 1.80 bits per heavy atom. The second kappa shape index (κ2) is 12.1. The van der Waals surface area contributed by atoms with Crippen LogP contribution in [-0.2, 0) is 10.0 Å². The first-order chi connectivity index (χ1) is 19.1. The van der Waals surface area contributed by atoms with Crippen LogP contribution in [0.15, 0.2) is 52.3 Å². The number of amides is 1. The number of carbonyl (C=O) groups excluding carboxylic acids is 1. The van der Waals surface area contributed by atoms with Gasteiger partial charge in [0.05, 0.1) is 21.7 Å². The van der Waals surface area contributed by atoms with Crippen molar-refractivity contribution in [1.82, 2.24) is 19.9 Å². The molecular weight excluding hydrogens is 579 g/mol. The third-order valence-corrected chi connectivity index (χ3v) is 9.53. The summed E-state index contributed by atoms with van der Waals surface area (Å²) in [4.78, 5) is 29.3. The van der Waals surface area contributed by atoms with Crippen molar-refractivity contribution in [3.8, 4) is 5.75 Å². The highest BCUT2D eigenvalue weighted by atomic mass is 35.5. The number of pyridine rings is 1. The fourth-order valence-corrected chi connectivity index (χ4v) is 6.99. The number of H-pyrrole nitrogens is 1. The van der Waals surface area contributed by atoms with Gasteiger partial charge in [-0.2, -0.15) is 0 Å². The molecule has 2 fully saturated rings. The number of β-amino-alcohol motifs (C(OH)–C–C–N with tert-alkyl or cyclic N) is 1. The van der Waals surface area contributed by atoms with E-state index >= 15 is 0 Å². The van der Waals surface area contributed by atoms with E-state index in [0.717, 1.165) is 12.8 Å². The number of aliphatic hydroxyl groups is 1. The number of rotatable bonds is 10. The molecule has 2 aromatic carbocycles. The SMILES string of the molecule is O=C(NC[C@@H](O)CN1CCC(Oc2ccc(Cl)c(Cl)c2S(=O)(=O)NC2CC2)CC1)c1c[nH]c(=O)c2ccccc12. The van der Waals surface area contributed by atoms with E-state index in [1.807, 2.05) is 0 Å². The first kappa shape index (κ1) is 28.8. The number of ether oxygens (including phenoxy) is 1. The van der Waals surface area contributed by atoms with Crippen LogP contribution in [0.4, 0.5) is 0 Å². The molecule has 13 heteroatoms. The number of benzene rings is 2. The number of sulfonamides is 1. The zero-order chi connectivity index (χ0) is 28.4. The normalized spacial score (nSPS) is 17.6. The molecule has 214 valence electrons. The number of hydrogen-bond acceptors (Lipinski definition) is 7. The molecule has 1 saturated carbocycles. The van der Waals surface area contributed by atoms with E-state index in [1.165, 1.54) is 18.3 Å². The summed E-state index contributed by atoms with van der Waals surface area (Å²) in [5.74, 6) is -0.222. The molecule has 3 aromatic rings. The summed E-state index contributed by atoms with van der Waals surface area (Å²) < 4.78 is 34.6. The number of likely N-dealkylation sites (tertiary alicyclic amines) is 1. The maximum absolute atomic E-state index is 13.0. The van der Waals surface area contributed by atoms with Crippen LogP contribution in [-0.4, -0.2) is 73.7 Å². The fourth-order valence-electron chi connectivity index (χ4n) is 4.79. The number of fused-ring (bicyclic) bond motifs is 1. The molecule has 1 amide bonds. The Kier molecular flexibility index (Phi) is 8.69. The Hall–Kier alpha value is -2.67. The van der Waals surface area contributed by atoms with Crippen molar-refractivity contribution in [2.75, 3.05) is 26.2 Å². The number of aliphatic hydroxyl groups excluding tert-OH is 1. The highest BCUT2D eigenvalue weighted by Gasteiger charge is 2.33. The summed E-state index contributed by atoms with van der Waals surface area (Å²) >= 11 is 12.4.